The topological polar surface area (TPSA) is 18.5 Å². The van der Waals surface area contributed by atoms with E-state index < -0.39 is 0 Å². The summed E-state index contributed by atoms with van der Waals surface area (Å²) in [4.78, 5) is 1.91. The van der Waals surface area contributed by atoms with Gasteiger partial charge in [-0.1, -0.05) is 51.6 Å². The Morgan fingerprint density at radius 3 is 1.35 bits per heavy atom. The van der Waals surface area contributed by atoms with Crippen molar-refractivity contribution in [1.82, 2.24) is 0 Å². The summed E-state index contributed by atoms with van der Waals surface area (Å²) in [5.74, 6) is 2.00. The molecule has 0 aliphatic carbocycles. The third-order valence-corrected chi connectivity index (χ3v) is 5.43. The van der Waals surface area contributed by atoms with E-state index in [4.69, 9.17) is 32.3 Å². The number of rotatable bonds is 6. The Labute approximate surface area is 186 Å². The Morgan fingerprint density at radius 1 is 0.731 bits per heavy atom. The molecular weight excluding hydrogens is 423 g/mol. The molecule has 0 radical (unpaired) electrons. The van der Waals surface area contributed by atoms with Crippen LogP contribution in [0.4, 0.5) is 0 Å². The smallest absolute Gasteiger partial charge is 0.163 e. The van der Waals surface area contributed by atoms with Crippen LogP contribution in [0.15, 0.2) is 34.1 Å². The van der Waals surface area contributed by atoms with Crippen LogP contribution in [0, 0.1) is 13.8 Å². The van der Waals surface area contributed by atoms with Gasteiger partial charge >= 0.3 is 0 Å². The van der Waals surface area contributed by atoms with E-state index in [1.165, 1.54) is 0 Å². The summed E-state index contributed by atoms with van der Waals surface area (Å²) in [7, 11) is 0. The summed E-state index contributed by atoms with van der Waals surface area (Å²) in [6, 6.07) is 8.37. The van der Waals surface area contributed by atoms with E-state index in [9.17, 15) is 0 Å². The molecule has 0 bridgehead atoms. The Kier molecular flexibility index (Phi) is 9.39. The first-order valence-corrected chi connectivity index (χ1v) is 9.75. The van der Waals surface area contributed by atoms with Gasteiger partial charge < -0.3 is 8.58 Å². The van der Waals surface area contributed by atoms with Crippen LogP contribution in [0.5, 0.6) is 11.5 Å². The first kappa shape index (κ1) is 23.7. The quantitative estimate of drug-likeness (QED) is 0.422. The largest absolute Gasteiger partial charge is 0.384 e. The molecule has 2 rings (SSSR count). The monoisotopic (exact) mass is 446 g/mol. The minimum absolute atomic E-state index is 0. The van der Waals surface area contributed by atoms with E-state index in [-0.39, 0.29) is 21.7 Å². The van der Waals surface area contributed by atoms with Gasteiger partial charge in [-0.15, -0.1) is 0 Å². The van der Waals surface area contributed by atoms with E-state index in [0.29, 0.717) is 23.3 Å². The van der Waals surface area contributed by atoms with Gasteiger partial charge in [-0.25, -0.2) is 0 Å². The molecule has 0 atom stereocenters. The van der Waals surface area contributed by atoms with Crippen LogP contribution >= 0.6 is 35.5 Å². The second-order valence-corrected chi connectivity index (χ2v) is 8.32. The molecule has 0 fully saturated rings. The van der Waals surface area contributed by atoms with Crippen LogP contribution in [-0.2, 0) is 21.7 Å². The number of hydrogen-bond acceptors (Lipinski definition) is 3. The average molecular weight is 447 g/mol. The molecule has 0 heterocycles. The van der Waals surface area contributed by atoms with Gasteiger partial charge in [0.1, 0.15) is 23.7 Å². The maximum Gasteiger partial charge on any atom is 0.163 e. The van der Waals surface area contributed by atoms with Gasteiger partial charge in [0, 0.05) is 32.8 Å². The van der Waals surface area contributed by atoms with Crippen molar-refractivity contribution in [1.29, 1.82) is 0 Å². The fourth-order valence-electron chi connectivity index (χ4n) is 2.83. The number of hydrogen-bond donors (Lipinski definition) is 0. The third-order valence-electron chi connectivity index (χ3n) is 4.07. The van der Waals surface area contributed by atoms with Crippen molar-refractivity contribution >= 4 is 35.5 Å². The zero-order chi connectivity index (χ0) is 18.7. The van der Waals surface area contributed by atoms with E-state index in [1.54, 1.807) is 11.8 Å². The maximum absolute atomic E-state index is 5.82. The van der Waals surface area contributed by atoms with Crippen LogP contribution in [-0.4, -0.2) is 0 Å². The summed E-state index contributed by atoms with van der Waals surface area (Å²) in [6.07, 6.45) is 0. The molecule has 0 saturated heterocycles. The molecule has 2 aromatic rings. The molecule has 6 heteroatoms. The van der Waals surface area contributed by atoms with E-state index in [2.05, 4.69) is 65.8 Å². The Bertz CT molecular complexity index is 700. The predicted octanol–water partition coefficient (Wildman–Crippen LogP) is 7.76. The molecule has 2 nitrogen and oxygen atoms in total. The SMILES string of the molecule is Cc1cc(Sc2cc(C)cc(C(C)C)c2OCl)c(OCl)c(C(C)C)c1.[Ti]. The molecule has 0 N–H and O–H groups in total. The van der Waals surface area contributed by atoms with Gasteiger partial charge in [0.2, 0.25) is 0 Å². The zero-order valence-corrected chi connectivity index (χ0v) is 19.8. The third kappa shape index (κ3) is 5.36. The molecule has 140 valence electrons. The Hall–Kier alpha value is -0.316. The van der Waals surface area contributed by atoms with Crippen LogP contribution in [0.2, 0.25) is 0 Å². The molecular formula is C20H24Cl2O2STi. The molecule has 0 saturated carbocycles. The van der Waals surface area contributed by atoms with Gasteiger partial charge in [-0.05, 0) is 48.9 Å². The van der Waals surface area contributed by atoms with Crippen LogP contribution in [0.25, 0.3) is 0 Å². The molecule has 0 aliphatic rings. The van der Waals surface area contributed by atoms with Crippen LogP contribution < -0.4 is 8.58 Å². The van der Waals surface area contributed by atoms with Gasteiger partial charge in [0.05, 0.1) is 9.79 Å². The van der Waals surface area contributed by atoms with Crippen molar-refractivity contribution in [3.63, 3.8) is 0 Å². The van der Waals surface area contributed by atoms with Gasteiger partial charge in [-0.2, -0.15) is 0 Å². The fourth-order valence-corrected chi connectivity index (χ4v) is 4.49. The molecule has 0 unspecified atom stereocenters. The fraction of sp³-hybridized carbons (Fsp3) is 0.400. The first-order chi connectivity index (χ1) is 11.8. The summed E-state index contributed by atoms with van der Waals surface area (Å²) in [5, 5.41) is 0. The summed E-state index contributed by atoms with van der Waals surface area (Å²) in [5.41, 5.74) is 4.49. The second-order valence-electron chi connectivity index (χ2n) is 6.93. The predicted molar refractivity (Wildman–Crippen MR) is 108 cm³/mol. The summed E-state index contributed by atoms with van der Waals surface area (Å²) < 4.78 is 10.4. The number of aryl methyl sites for hydroxylation is 2. The van der Waals surface area contributed by atoms with E-state index >= 15 is 0 Å². The number of halogens is 2. The molecule has 26 heavy (non-hydrogen) atoms. The van der Waals surface area contributed by atoms with Crippen molar-refractivity contribution in [3.8, 4) is 11.5 Å². The number of benzene rings is 2. The minimum Gasteiger partial charge on any atom is -0.384 e. The molecule has 0 amide bonds. The summed E-state index contributed by atoms with van der Waals surface area (Å²) in [6.45, 7) is 12.6. The molecule has 0 aliphatic heterocycles. The second kappa shape index (κ2) is 10.3. The Balaban J connectivity index is 0.00000338. The Morgan fingerprint density at radius 2 is 1.08 bits per heavy atom. The van der Waals surface area contributed by atoms with Crippen molar-refractivity contribution in [2.75, 3.05) is 0 Å². The van der Waals surface area contributed by atoms with Crippen molar-refractivity contribution in [2.24, 2.45) is 0 Å². The van der Waals surface area contributed by atoms with Crippen LogP contribution in [0.3, 0.4) is 0 Å². The minimum atomic E-state index is 0. The standard InChI is InChI=1S/C20H24Cl2O2S.Ti/c1-11(2)15-7-13(5)9-17(19(15)23-21)25-18-10-14(6)8-16(12(3)4)20(18)24-22;/h7-12H,1-6H3;. The van der Waals surface area contributed by atoms with Gasteiger partial charge in [-0.3, -0.25) is 0 Å². The van der Waals surface area contributed by atoms with Crippen LogP contribution in [0.1, 0.15) is 61.8 Å². The van der Waals surface area contributed by atoms with Gasteiger partial charge in [0.15, 0.2) is 11.5 Å². The van der Waals surface area contributed by atoms with Crippen molar-refractivity contribution in [2.45, 2.75) is 63.2 Å². The van der Waals surface area contributed by atoms with E-state index in [0.717, 1.165) is 32.0 Å². The average Bonchev–Trinajstić information content (AvgIpc) is 2.53. The molecule has 0 aromatic heterocycles. The van der Waals surface area contributed by atoms with E-state index in [1.807, 2.05) is 0 Å². The summed E-state index contributed by atoms with van der Waals surface area (Å²) >= 11 is 13.2. The van der Waals surface area contributed by atoms with Gasteiger partial charge in [0.25, 0.3) is 0 Å². The maximum atomic E-state index is 5.82. The normalized spacial score (nSPS) is 10.8. The molecule has 0 spiro atoms. The van der Waals surface area contributed by atoms with Crippen molar-refractivity contribution < 1.29 is 30.3 Å². The zero-order valence-electron chi connectivity index (χ0n) is 15.9. The van der Waals surface area contributed by atoms with Crippen molar-refractivity contribution in [3.05, 3.63) is 46.5 Å². The molecule has 2 aromatic carbocycles. The first-order valence-electron chi connectivity index (χ1n) is 8.32.